The molecular formula is C15H25NO12. The summed E-state index contributed by atoms with van der Waals surface area (Å²) in [7, 11) is 1.25. The van der Waals surface area contributed by atoms with Gasteiger partial charge in [0.25, 0.3) is 0 Å². The molecule has 2 fully saturated rings. The van der Waals surface area contributed by atoms with Crippen LogP contribution in [0, 0.1) is 0 Å². The number of amides is 1. The van der Waals surface area contributed by atoms with Crippen molar-refractivity contribution in [1.82, 2.24) is 5.32 Å². The second-order valence-corrected chi connectivity index (χ2v) is 6.51. The van der Waals surface area contributed by atoms with Crippen molar-refractivity contribution in [1.29, 1.82) is 0 Å². The van der Waals surface area contributed by atoms with E-state index >= 15 is 0 Å². The van der Waals surface area contributed by atoms with Crippen LogP contribution in [0.15, 0.2) is 0 Å². The van der Waals surface area contributed by atoms with Gasteiger partial charge in [0.2, 0.25) is 5.91 Å². The van der Waals surface area contributed by atoms with E-state index in [1.807, 2.05) is 0 Å². The number of methoxy groups -OCH3 is 1. The van der Waals surface area contributed by atoms with E-state index in [1.165, 1.54) is 14.0 Å². The summed E-state index contributed by atoms with van der Waals surface area (Å²) in [5.41, 5.74) is 0. The minimum Gasteiger partial charge on any atom is -0.479 e. The lowest BCUT2D eigenvalue weighted by atomic mass is 9.95. The zero-order valence-electron chi connectivity index (χ0n) is 15.1. The van der Waals surface area contributed by atoms with Gasteiger partial charge in [0.05, 0.1) is 6.61 Å². The molecule has 0 aromatic carbocycles. The average Bonchev–Trinajstić information content (AvgIpc) is 2.64. The number of nitrogens with one attached hydrogen (secondary N) is 1. The van der Waals surface area contributed by atoms with Crippen LogP contribution in [0.25, 0.3) is 0 Å². The topological polar surface area (TPSA) is 204 Å². The molecule has 0 aliphatic carbocycles. The first kappa shape index (κ1) is 22.9. The van der Waals surface area contributed by atoms with Crippen LogP contribution in [0.3, 0.4) is 0 Å². The number of ether oxygens (including phenoxy) is 4. The summed E-state index contributed by atoms with van der Waals surface area (Å²) >= 11 is 0. The fourth-order valence-electron chi connectivity index (χ4n) is 3.14. The lowest BCUT2D eigenvalue weighted by Crippen LogP contribution is -2.67. The summed E-state index contributed by atoms with van der Waals surface area (Å²) in [5, 5.41) is 61.3. The zero-order valence-corrected chi connectivity index (χ0v) is 15.1. The number of hydrogen-bond acceptors (Lipinski definition) is 11. The molecule has 2 heterocycles. The maximum atomic E-state index is 11.4. The standard InChI is InChI=1S/C15H25NO12/c1-4(18)16-6-7(19)11(5(3-17)26-14(6)25-2)27-15-10(22)8(20)9(21)12(28-15)13(23)24/h5-12,14-15,17,19-22H,3H2,1-2H3,(H,16,18)(H,23,24)/t5-,6-,7-,8+,9+,10-,11-,12-,14+,15-/m1/s1. The van der Waals surface area contributed by atoms with E-state index in [1.54, 1.807) is 0 Å². The molecule has 0 saturated carbocycles. The van der Waals surface area contributed by atoms with E-state index in [0.29, 0.717) is 0 Å². The highest BCUT2D eigenvalue weighted by molar-refractivity contribution is 5.73. The monoisotopic (exact) mass is 411 g/mol. The Hall–Kier alpha value is -1.42. The predicted octanol–water partition coefficient (Wildman–Crippen LogP) is -4.51. The summed E-state index contributed by atoms with van der Waals surface area (Å²) in [6, 6.07) is -1.12. The fraction of sp³-hybridized carbons (Fsp3) is 0.867. The highest BCUT2D eigenvalue weighted by Gasteiger charge is 2.52. The second-order valence-electron chi connectivity index (χ2n) is 6.51. The number of aliphatic carboxylic acids is 1. The van der Waals surface area contributed by atoms with Crippen LogP contribution in [-0.4, -0.2) is 118 Å². The number of aliphatic hydroxyl groups is 5. The Bertz CT molecular complexity index is 561. The molecule has 2 aliphatic heterocycles. The SMILES string of the molecule is CO[C@H]1O[C@H](CO)[C@@H](O[C@@H]2O[C@@H](C(=O)O)[C@@H](O)[C@H](O)[C@H]2O)[C@H](O)[C@H]1NC(C)=O. The predicted molar refractivity (Wildman–Crippen MR) is 85.6 cm³/mol. The van der Waals surface area contributed by atoms with Crippen molar-refractivity contribution < 1.29 is 59.2 Å². The quantitative estimate of drug-likeness (QED) is 0.221. The Morgan fingerprint density at radius 1 is 1.00 bits per heavy atom. The minimum atomic E-state index is -1.92. The smallest absolute Gasteiger partial charge is 0.335 e. The molecule has 2 aliphatic rings. The van der Waals surface area contributed by atoms with Gasteiger partial charge >= 0.3 is 5.97 Å². The molecule has 2 saturated heterocycles. The summed E-state index contributed by atoms with van der Waals surface area (Å²) in [5.74, 6) is -2.13. The Morgan fingerprint density at radius 2 is 1.64 bits per heavy atom. The van der Waals surface area contributed by atoms with Crippen LogP contribution in [0.4, 0.5) is 0 Å². The third-order valence-corrected chi connectivity index (χ3v) is 4.56. The third kappa shape index (κ3) is 4.59. The number of aliphatic hydroxyl groups excluding tert-OH is 5. The van der Waals surface area contributed by atoms with Gasteiger partial charge in [0.15, 0.2) is 18.7 Å². The Balaban J connectivity index is 2.23. The van der Waals surface area contributed by atoms with E-state index in [4.69, 9.17) is 24.1 Å². The summed E-state index contributed by atoms with van der Waals surface area (Å²) in [6.45, 7) is 0.529. The van der Waals surface area contributed by atoms with Crippen LogP contribution in [-0.2, 0) is 28.5 Å². The molecule has 10 atom stereocenters. The van der Waals surface area contributed by atoms with Crippen LogP contribution >= 0.6 is 0 Å². The first-order valence-corrected chi connectivity index (χ1v) is 8.44. The zero-order chi connectivity index (χ0) is 21.2. The van der Waals surface area contributed by atoms with Gasteiger partial charge in [-0.1, -0.05) is 0 Å². The minimum absolute atomic E-state index is 0.519. The van der Waals surface area contributed by atoms with Crippen molar-refractivity contribution in [3.05, 3.63) is 0 Å². The van der Waals surface area contributed by atoms with Gasteiger partial charge in [-0.15, -0.1) is 0 Å². The number of hydrogen-bond donors (Lipinski definition) is 7. The largest absolute Gasteiger partial charge is 0.479 e. The second kappa shape index (κ2) is 9.39. The van der Waals surface area contributed by atoms with Crippen molar-refractivity contribution in [3.8, 4) is 0 Å². The molecular weight excluding hydrogens is 386 g/mol. The average molecular weight is 411 g/mol. The maximum absolute atomic E-state index is 11.4. The highest BCUT2D eigenvalue weighted by Crippen LogP contribution is 2.29. The molecule has 2 rings (SSSR count). The molecule has 13 heteroatoms. The number of rotatable bonds is 6. The van der Waals surface area contributed by atoms with Crippen molar-refractivity contribution >= 4 is 11.9 Å². The normalized spacial score (nSPS) is 44.1. The van der Waals surface area contributed by atoms with Crippen LogP contribution < -0.4 is 5.32 Å². The number of carboxylic acids is 1. The van der Waals surface area contributed by atoms with Gasteiger partial charge in [-0.05, 0) is 0 Å². The molecule has 1 amide bonds. The van der Waals surface area contributed by atoms with Gasteiger partial charge in [0, 0.05) is 14.0 Å². The number of carbonyl (C=O) groups is 2. The Labute approximate surface area is 159 Å². The fourth-order valence-corrected chi connectivity index (χ4v) is 3.14. The molecule has 0 radical (unpaired) electrons. The van der Waals surface area contributed by atoms with Gasteiger partial charge in [0.1, 0.15) is 42.7 Å². The van der Waals surface area contributed by atoms with E-state index in [2.05, 4.69) is 5.32 Å². The molecule has 7 N–H and O–H groups in total. The lowest BCUT2D eigenvalue weighted by molar-refractivity contribution is -0.342. The van der Waals surface area contributed by atoms with E-state index in [9.17, 15) is 35.1 Å². The van der Waals surface area contributed by atoms with Gasteiger partial charge in [-0.2, -0.15) is 0 Å². The highest BCUT2D eigenvalue weighted by atomic mass is 16.7. The molecule has 13 nitrogen and oxygen atoms in total. The first-order chi connectivity index (χ1) is 13.1. The summed E-state index contributed by atoms with van der Waals surface area (Å²) in [6.07, 6.45) is -14.7. The number of carboxylic acid groups (broad SMARTS) is 1. The van der Waals surface area contributed by atoms with Gasteiger partial charge in [-0.3, -0.25) is 4.79 Å². The molecule has 28 heavy (non-hydrogen) atoms. The maximum Gasteiger partial charge on any atom is 0.335 e. The van der Waals surface area contributed by atoms with Gasteiger partial charge < -0.3 is 54.9 Å². The van der Waals surface area contributed by atoms with E-state index in [-0.39, 0.29) is 0 Å². The summed E-state index contributed by atoms with van der Waals surface area (Å²) < 4.78 is 20.9. The first-order valence-electron chi connectivity index (χ1n) is 8.44. The number of carbonyl (C=O) groups excluding carboxylic acids is 1. The Morgan fingerprint density at radius 3 is 2.14 bits per heavy atom. The Kier molecular flexibility index (Phi) is 7.66. The lowest BCUT2D eigenvalue weighted by Gasteiger charge is -2.46. The van der Waals surface area contributed by atoms with E-state index in [0.717, 1.165) is 0 Å². The van der Waals surface area contributed by atoms with Gasteiger partial charge in [-0.25, -0.2) is 4.79 Å². The van der Waals surface area contributed by atoms with E-state index < -0.39 is 79.8 Å². The van der Waals surface area contributed by atoms with Crippen molar-refractivity contribution in [2.24, 2.45) is 0 Å². The van der Waals surface area contributed by atoms with Crippen LogP contribution in [0.1, 0.15) is 6.92 Å². The van der Waals surface area contributed by atoms with Crippen LogP contribution in [0.5, 0.6) is 0 Å². The molecule has 0 bridgehead atoms. The van der Waals surface area contributed by atoms with Crippen molar-refractivity contribution in [2.45, 2.75) is 68.3 Å². The third-order valence-electron chi connectivity index (χ3n) is 4.56. The molecule has 0 aromatic rings. The molecule has 162 valence electrons. The van der Waals surface area contributed by atoms with Crippen molar-refractivity contribution in [2.75, 3.05) is 13.7 Å². The molecule has 0 spiro atoms. The molecule has 0 aromatic heterocycles. The summed E-state index contributed by atoms with van der Waals surface area (Å²) in [4.78, 5) is 22.6. The molecule has 0 unspecified atom stereocenters. The van der Waals surface area contributed by atoms with Crippen LogP contribution in [0.2, 0.25) is 0 Å². The van der Waals surface area contributed by atoms with Crippen molar-refractivity contribution in [3.63, 3.8) is 0 Å².